The van der Waals surface area contributed by atoms with Gasteiger partial charge in [-0.15, -0.1) is 0 Å². The first-order valence-electron chi connectivity index (χ1n) is 10.3. The van der Waals surface area contributed by atoms with Gasteiger partial charge in [-0.2, -0.15) is 0 Å². The van der Waals surface area contributed by atoms with Crippen molar-refractivity contribution in [1.82, 2.24) is 4.90 Å². The number of anilines is 1. The van der Waals surface area contributed by atoms with E-state index >= 15 is 0 Å². The summed E-state index contributed by atoms with van der Waals surface area (Å²) >= 11 is 0. The standard InChI is InChI=1S/C24H32N2O/c1-3-24(27)26(23-12-8-5-9-13-23)19-20(2)25-16-14-22(15-17-25)18-21-10-6-4-7-11-21/h4-13,20,22H,3,14-19H2,1-2H3/t20-/m1/s1. The highest BCUT2D eigenvalue weighted by atomic mass is 16.2. The van der Waals surface area contributed by atoms with Crippen molar-refractivity contribution in [2.75, 3.05) is 24.5 Å². The van der Waals surface area contributed by atoms with Crippen molar-refractivity contribution in [3.05, 3.63) is 66.2 Å². The molecule has 1 amide bonds. The molecule has 3 rings (SSSR count). The van der Waals surface area contributed by atoms with Gasteiger partial charge in [0.2, 0.25) is 5.91 Å². The lowest BCUT2D eigenvalue weighted by Gasteiger charge is -2.38. The van der Waals surface area contributed by atoms with Crippen LogP contribution in [-0.2, 0) is 11.2 Å². The van der Waals surface area contributed by atoms with E-state index in [2.05, 4.69) is 42.2 Å². The minimum absolute atomic E-state index is 0.201. The van der Waals surface area contributed by atoms with Gasteiger partial charge < -0.3 is 4.90 Å². The van der Waals surface area contributed by atoms with E-state index in [9.17, 15) is 4.79 Å². The predicted octanol–water partition coefficient (Wildman–Crippen LogP) is 4.77. The van der Waals surface area contributed by atoms with Crippen LogP contribution in [0.3, 0.4) is 0 Å². The van der Waals surface area contributed by atoms with E-state index in [0.717, 1.165) is 31.2 Å². The van der Waals surface area contributed by atoms with Gasteiger partial charge in [0.15, 0.2) is 0 Å². The molecule has 27 heavy (non-hydrogen) atoms. The minimum atomic E-state index is 0.201. The van der Waals surface area contributed by atoms with Crippen molar-refractivity contribution in [2.45, 2.75) is 45.6 Å². The predicted molar refractivity (Wildman–Crippen MR) is 113 cm³/mol. The van der Waals surface area contributed by atoms with Gasteiger partial charge in [0.25, 0.3) is 0 Å². The fraction of sp³-hybridized carbons (Fsp3) is 0.458. The number of para-hydroxylation sites is 1. The molecule has 0 aromatic heterocycles. The second kappa shape index (κ2) is 9.70. The van der Waals surface area contributed by atoms with Crippen molar-refractivity contribution in [1.29, 1.82) is 0 Å². The van der Waals surface area contributed by atoms with Crippen LogP contribution < -0.4 is 4.90 Å². The van der Waals surface area contributed by atoms with Crippen molar-refractivity contribution < 1.29 is 4.79 Å². The van der Waals surface area contributed by atoms with Gasteiger partial charge in [0, 0.05) is 24.7 Å². The highest BCUT2D eigenvalue weighted by Gasteiger charge is 2.25. The third-order valence-electron chi connectivity index (χ3n) is 5.76. The van der Waals surface area contributed by atoms with Gasteiger partial charge in [0.1, 0.15) is 0 Å². The zero-order valence-corrected chi connectivity index (χ0v) is 16.7. The summed E-state index contributed by atoms with van der Waals surface area (Å²) in [6.07, 6.45) is 4.22. The molecule has 0 unspecified atom stereocenters. The topological polar surface area (TPSA) is 23.6 Å². The Balaban J connectivity index is 1.55. The number of likely N-dealkylation sites (tertiary alicyclic amines) is 1. The number of carbonyl (C=O) groups excluding carboxylic acids is 1. The van der Waals surface area contributed by atoms with Gasteiger partial charge in [-0.1, -0.05) is 55.5 Å². The molecule has 3 nitrogen and oxygen atoms in total. The lowest BCUT2D eigenvalue weighted by atomic mass is 9.89. The highest BCUT2D eigenvalue weighted by molar-refractivity contribution is 5.93. The number of nitrogens with zero attached hydrogens (tertiary/aromatic N) is 2. The Morgan fingerprint density at radius 2 is 1.63 bits per heavy atom. The van der Waals surface area contributed by atoms with E-state index in [-0.39, 0.29) is 5.91 Å². The van der Waals surface area contributed by atoms with Crippen LogP contribution in [0.15, 0.2) is 60.7 Å². The molecule has 0 N–H and O–H groups in total. The zero-order chi connectivity index (χ0) is 19.1. The molecule has 0 radical (unpaired) electrons. The monoisotopic (exact) mass is 364 g/mol. The molecule has 1 aliphatic heterocycles. The SMILES string of the molecule is CCC(=O)N(C[C@@H](C)N1CCC(Cc2ccccc2)CC1)c1ccccc1. The normalized spacial score (nSPS) is 16.8. The first kappa shape index (κ1) is 19.6. The van der Waals surface area contributed by atoms with Crippen LogP contribution in [-0.4, -0.2) is 36.5 Å². The van der Waals surface area contributed by atoms with Gasteiger partial charge >= 0.3 is 0 Å². The Labute approximate surface area is 164 Å². The molecule has 1 aliphatic rings. The Hall–Kier alpha value is -2.13. The second-order valence-electron chi connectivity index (χ2n) is 7.71. The molecular formula is C24H32N2O. The van der Waals surface area contributed by atoms with Gasteiger partial charge in [-0.3, -0.25) is 9.69 Å². The van der Waals surface area contributed by atoms with E-state index in [1.807, 2.05) is 42.2 Å². The quantitative estimate of drug-likeness (QED) is 0.706. The molecule has 1 heterocycles. The van der Waals surface area contributed by atoms with E-state index in [1.165, 1.54) is 24.8 Å². The highest BCUT2D eigenvalue weighted by Crippen LogP contribution is 2.24. The Kier molecular flexibility index (Phi) is 7.05. The molecule has 2 aromatic carbocycles. The Morgan fingerprint density at radius 3 is 2.22 bits per heavy atom. The molecule has 2 aromatic rings. The van der Waals surface area contributed by atoms with Crippen molar-refractivity contribution in [2.24, 2.45) is 5.92 Å². The average molecular weight is 365 g/mol. The minimum Gasteiger partial charge on any atom is -0.311 e. The largest absolute Gasteiger partial charge is 0.311 e. The summed E-state index contributed by atoms with van der Waals surface area (Å²) < 4.78 is 0. The zero-order valence-electron chi connectivity index (χ0n) is 16.7. The van der Waals surface area contributed by atoms with Crippen LogP contribution in [0.5, 0.6) is 0 Å². The van der Waals surface area contributed by atoms with E-state index in [0.29, 0.717) is 12.5 Å². The third kappa shape index (κ3) is 5.43. The van der Waals surface area contributed by atoms with Crippen molar-refractivity contribution in [3.8, 4) is 0 Å². The van der Waals surface area contributed by atoms with E-state index in [1.54, 1.807) is 0 Å². The molecule has 0 saturated carbocycles. The molecule has 3 heteroatoms. The molecule has 1 saturated heterocycles. The van der Waals surface area contributed by atoms with E-state index < -0.39 is 0 Å². The smallest absolute Gasteiger partial charge is 0.226 e. The molecular weight excluding hydrogens is 332 g/mol. The first-order valence-corrected chi connectivity index (χ1v) is 10.3. The molecule has 0 bridgehead atoms. The van der Waals surface area contributed by atoms with Crippen molar-refractivity contribution >= 4 is 11.6 Å². The van der Waals surface area contributed by atoms with Crippen LogP contribution >= 0.6 is 0 Å². The van der Waals surface area contributed by atoms with Gasteiger partial charge in [-0.25, -0.2) is 0 Å². The molecule has 0 spiro atoms. The number of hydrogen-bond donors (Lipinski definition) is 0. The lowest BCUT2D eigenvalue weighted by molar-refractivity contribution is -0.118. The summed E-state index contributed by atoms with van der Waals surface area (Å²) in [5.74, 6) is 0.977. The summed E-state index contributed by atoms with van der Waals surface area (Å²) in [4.78, 5) is 17.0. The summed E-state index contributed by atoms with van der Waals surface area (Å²) in [7, 11) is 0. The van der Waals surface area contributed by atoms with Crippen LogP contribution in [0.1, 0.15) is 38.7 Å². The maximum Gasteiger partial charge on any atom is 0.226 e. The molecule has 1 fully saturated rings. The van der Waals surface area contributed by atoms with Gasteiger partial charge in [0.05, 0.1) is 0 Å². The number of piperidine rings is 1. The van der Waals surface area contributed by atoms with Gasteiger partial charge in [-0.05, 0) is 62.9 Å². The summed E-state index contributed by atoms with van der Waals surface area (Å²) in [5, 5.41) is 0. The Bertz CT molecular complexity index is 693. The molecule has 0 aliphatic carbocycles. The molecule has 1 atom stereocenters. The van der Waals surface area contributed by atoms with Crippen molar-refractivity contribution in [3.63, 3.8) is 0 Å². The van der Waals surface area contributed by atoms with E-state index in [4.69, 9.17) is 0 Å². The first-order chi connectivity index (χ1) is 13.2. The average Bonchev–Trinajstić information content (AvgIpc) is 2.73. The van der Waals surface area contributed by atoms with Crippen LogP contribution in [0.2, 0.25) is 0 Å². The summed E-state index contributed by atoms with van der Waals surface area (Å²) in [6.45, 7) is 7.22. The number of hydrogen-bond acceptors (Lipinski definition) is 2. The third-order valence-corrected chi connectivity index (χ3v) is 5.76. The summed E-state index contributed by atoms with van der Waals surface area (Å²) in [6, 6.07) is 21.3. The fourth-order valence-corrected chi connectivity index (χ4v) is 4.07. The maximum atomic E-state index is 12.5. The number of carbonyl (C=O) groups is 1. The number of rotatable bonds is 7. The lowest BCUT2D eigenvalue weighted by Crippen LogP contribution is -2.47. The number of amides is 1. The molecule has 144 valence electrons. The maximum absolute atomic E-state index is 12.5. The van der Waals surface area contributed by atoms with Crippen LogP contribution in [0.25, 0.3) is 0 Å². The number of benzene rings is 2. The van der Waals surface area contributed by atoms with Crippen LogP contribution in [0, 0.1) is 5.92 Å². The summed E-state index contributed by atoms with van der Waals surface area (Å²) in [5.41, 5.74) is 2.46. The second-order valence-corrected chi connectivity index (χ2v) is 7.71. The Morgan fingerprint density at radius 1 is 1.04 bits per heavy atom. The van der Waals surface area contributed by atoms with Crippen LogP contribution in [0.4, 0.5) is 5.69 Å². The fourth-order valence-electron chi connectivity index (χ4n) is 4.07.